The third-order valence-corrected chi connectivity index (χ3v) is 2.26. The van der Waals surface area contributed by atoms with Crippen LogP contribution in [0.2, 0.25) is 0 Å². The van der Waals surface area contributed by atoms with Gasteiger partial charge in [0.05, 0.1) is 0 Å². The van der Waals surface area contributed by atoms with Gasteiger partial charge >= 0.3 is 6.09 Å². The molecule has 0 unspecified atom stereocenters. The summed E-state index contributed by atoms with van der Waals surface area (Å²) in [7, 11) is 3.32. The van der Waals surface area contributed by atoms with Gasteiger partial charge in [0.15, 0.2) is 0 Å². The van der Waals surface area contributed by atoms with Crippen molar-refractivity contribution in [1.29, 1.82) is 0 Å². The molecule has 0 bridgehead atoms. The maximum absolute atomic E-state index is 10.9. The first-order valence-electron chi connectivity index (χ1n) is 8.97. The van der Waals surface area contributed by atoms with E-state index in [-0.39, 0.29) is 35.6 Å². The zero-order valence-corrected chi connectivity index (χ0v) is 20.9. The predicted molar refractivity (Wildman–Crippen MR) is 107 cm³/mol. The van der Waals surface area contributed by atoms with Crippen LogP contribution in [0.15, 0.2) is 0 Å². The molecule has 0 saturated heterocycles. The van der Waals surface area contributed by atoms with Gasteiger partial charge in [0, 0.05) is 38.0 Å². The van der Waals surface area contributed by atoms with Crippen molar-refractivity contribution in [3.63, 3.8) is 0 Å². The predicted octanol–water partition coefficient (Wildman–Crippen LogP) is 6.52. The first-order chi connectivity index (χ1) is 10.1. The molecule has 0 aromatic rings. The van der Waals surface area contributed by atoms with Crippen LogP contribution in [0.25, 0.3) is 0 Å². The minimum Gasteiger partial charge on any atom is -0.444 e. The number of ether oxygens (including phenoxy) is 1. The van der Waals surface area contributed by atoms with E-state index < -0.39 is 0 Å². The summed E-state index contributed by atoms with van der Waals surface area (Å²) < 4.78 is 4.99. The standard InChI is InChI=1S/C7H15NO2.3C4H10.Sn/c1-7(2,3)10-6(9)8(4)5;3*1-3-4-2;/h1-5H3;3*3-4H2,1-2H3;. The summed E-state index contributed by atoms with van der Waals surface area (Å²) >= 11 is 0. The minimum atomic E-state index is -0.388. The molecule has 0 aliphatic heterocycles. The molecule has 0 heterocycles. The molecule has 1 amide bonds. The van der Waals surface area contributed by atoms with Crippen LogP contribution in [0.3, 0.4) is 0 Å². The third-order valence-electron chi connectivity index (χ3n) is 2.26. The average Bonchev–Trinajstić information content (AvgIpc) is 2.46. The Hall–Kier alpha value is 0.0687. The largest absolute Gasteiger partial charge is 0.444 e. The van der Waals surface area contributed by atoms with Gasteiger partial charge in [-0.15, -0.1) is 0 Å². The van der Waals surface area contributed by atoms with Crippen molar-refractivity contribution >= 4 is 30.0 Å². The molecule has 0 aromatic heterocycles. The summed E-state index contributed by atoms with van der Waals surface area (Å²) in [5.74, 6) is 0. The fourth-order valence-electron chi connectivity index (χ4n) is 0.353. The van der Waals surface area contributed by atoms with Crippen LogP contribution < -0.4 is 0 Å². The first-order valence-corrected chi connectivity index (χ1v) is 8.97. The zero-order valence-electron chi connectivity index (χ0n) is 18.0. The smallest absolute Gasteiger partial charge is 0.409 e. The van der Waals surface area contributed by atoms with E-state index in [1.54, 1.807) is 14.1 Å². The van der Waals surface area contributed by atoms with Crippen LogP contribution in [0, 0.1) is 0 Å². The molecule has 3 nitrogen and oxygen atoms in total. The molecule has 0 fully saturated rings. The number of rotatable bonds is 3. The van der Waals surface area contributed by atoms with Crippen LogP contribution in [0.4, 0.5) is 4.79 Å². The molecule has 0 aliphatic carbocycles. The Kier molecular flexibility index (Phi) is 40.3. The van der Waals surface area contributed by atoms with Crippen LogP contribution in [0.5, 0.6) is 0 Å². The van der Waals surface area contributed by atoms with E-state index in [1.807, 2.05) is 20.8 Å². The second-order valence-corrected chi connectivity index (χ2v) is 6.37. The van der Waals surface area contributed by atoms with Crippen molar-refractivity contribution in [1.82, 2.24) is 4.90 Å². The monoisotopic (exact) mass is 439 g/mol. The Morgan fingerprint density at radius 1 is 0.739 bits per heavy atom. The molecule has 23 heavy (non-hydrogen) atoms. The van der Waals surface area contributed by atoms with Gasteiger partial charge in [-0.2, -0.15) is 0 Å². The summed E-state index contributed by atoms with van der Waals surface area (Å²) in [6.45, 7) is 18.6. The van der Waals surface area contributed by atoms with E-state index in [1.165, 1.54) is 43.4 Å². The quantitative estimate of drug-likeness (QED) is 0.470. The number of nitrogens with zero attached hydrogens (tertiary/aromatic N) is 1. The summed E-state index contributed by atoms with van der Waals surface area (Å²) in [4.78, 5) is 12.3. The van der Waals surface area contributed by atoms with E-state index in [2.05, 4.69) is 41.5 Å². The Labute approximate surface area is 164 Å². The molecule has 0 saturated carbocycles. The zero-order chi connectivity index (χ0) is 18.6. The molecular weight excluding hydrogens is 393 g/mol. The Bertz CT molecular complexity index is 187. The molecule has 0 atom stereocenters. The average molecular weight is 438 g/mol. The van der Waals surface area contributed by atoms with Crippen molar-refractivity contribution in [3.8, 4) is 0 Å². The van der Waals surface area contributed by atoms with Gasteiger partial charge in [-0.3, -0.25) is 0 Å². The Balaban J connectivity index is -0.0000000700. The topological polar surface area (TPSA) is 29.5 Å². The number of hydrogen-bond donors (Lipinski definition) is 0. The summed E-state index contributed by atoms with van der Waals surface area (Å²) in [6, 6.07) is 0. The van der Waals surface area contributed by atoms with Gasteiger partial charge in [0.1, 0.15) is 5.60 Å². The van der Waals surface area contributed by atoms with Gasteiger partial charge in [-0.05, 0) is 20.8 Å². The minimum absolute atomic E-state index is 0. The number of amides is 1. The molecule has 142 valence electrons. The second kappa shape index (κ2) is 26.9. The molecule has 0 aromatic carbocycles. The van der Waals surface area contributed by atoms with E-state index in [0.29, 0.717) is 0 Å². The van der Waals surface area contributed by atoms with Crippen molar-refractivity contribution in [2.24, 2.45) is 0 Å². The fourth-order valence-corrected chi connectivity index (χ4v) is 0.353. The molecular formula is C19H45NO2Sn. The van der Waals surface area contributed by atoms with Gasteiger partial charge in [0.25, 0.3) is 0 Å². The molecule has 0 rings (SSSR count). The third kappa shape index (κ3) is 61.0. The number of carbonyl (C=O) groups excluding carboxylic acids is 1. The maximum atomic E-state index is 10.9. The second-order valence-electron chi connectivity index (χ2n) is 6.37. The Morgan fingerprint density at radius 2 is 0.957 bits per heavy atom. The molecule has 0 aliphatic rings. The van der Waals surface area contributed by atoms with Crippen molar-refractivity contribution in [3.05, 3.63) is 0 Å². The number of carbonyl (C=O) groups is 1. The van der Waals surface area contributed by atoms with E-state index in [9.17, 15) is 4.79 Å². The van der Waals surface area contributed by atoms with Gasteiger partial charge in [-0.1, -0.05) is 80.1 Å². The van der Waals surface area contributed by atoms with E-state index >= 15 is 0 Å². The molecule has 0 N–H and O–H groups in total. The molecule has 4 heteroatoms. The van der Waals surface area contributed by atoms with Crippen molar-refractivity contribution in [2.75, 3.05) is 14.1 Å². The first kappa shape index (κ1) is 34.4. The number of unbranched alkanes of at least 4 members (excludes halogenated alkanes) is 3. The van der Waals surface area contributed by atoms with Gasteiger partial charge in [0.2, 0.25) is 0 Å². The van der Waals surface area contributed by atoms with E-state index in [4.69, 9.17) is 4.74 Å². The maximum Gasteiger partial charge on any atom is 0.409 e. The van der Waals surface area contributed by atoms with Crippen LogP contribution in [-0.4, -0.2) is 54.6 Å². The SMILES string of the molecule is CCCC.CCCC.CCCC.CN(C)C(=O)OC(C)(C)C.[Sn]. The molecule has 4 radical (unpaired) electrons. The normalized spacial score (nSPS) is 8.65. The Morgan fingerprint density at radius 3 is 1.00 bits per heavy atom. The van der Waals surface area contributed by atoms with E-state index in [0.717, 1.165) is 0 Å². The van der Waals surface area contributed by atoms with Gasteiger partial charge in [-0.25, -0.2) is 4.79 Å². The van der Waals surface area contributed by atoms with Crippen molar-refractivity contribution < 1.29 is 9.53 Å². The number of hydrogen-bond acceptors (Lipinski definition) is 2. The summed E-state index contributed by atoms with van der Waals surface area (Å²) in [5.41, 5.74) is -0.388. The van der Waals surface area contributed by atoms with Gasteiger partial charge < -0.3 is 9.64 Å². The summed E-state index contributed by atoms with van der Waals surface area (Å²) in [5, 5.41) is 0. The van der Waals surface area contributed by atoms with Crippen LogP contribution >= 0.6 is 0 Å². The van der Waals surface area contributed by atoms with Crippen LogP contribution in [-0.2, 0) is 4.74 Å². The molecule has 0 spiro atoms. The summed E-state index contributed by atoms with van der Waals surface area (Å²) in [6.07, 6.45) is 7.62. The van der Waals surface area contributed by atoms with Crippen molar-refractivity contribution in [2.45, 2.75) is 106 Å². The van der Waals surface area contributed by atoms with Crippen LogP contribution in [0.1, 0.15) is 101 Å². The fraction of sp³-hybridized carbons (Fsp3) is 0.947.